The number of benzene rings is 1. The maximum atomic E-state index is 13.2. The summed E-state index contributed by atoms with van der Waals surface area (Å²) in [5, 5.41) is 4.30. The Morgan fingerprint density at radius 1 is 1.03 bits per heavy atom. The summed E-state index contributed by atoms with van der Waals surface area (Å²) in [6.45, 7) is 2.97. The number of hydrogen-bond donors (Lipinski definition) is 1. The molecule has 1 saturated heterocycles. The molecule has 1 aliphatic heterocycles. The fourth-order valence-electron chi connectivity index (χ4n) is 4.14. The van der Waals surface area contributed by atoms with Gasteiger partial charge in [0.2, 0.25) is 0 Å². The molecule has 30 heavy (non-hydrogen) atoms. The van der Waals surface area contributed by atoms with Crippen LogP contribution in [0.3, 0.4) is 0 Å². The second-order valence-electron chi connectivity index (χ2n) is 7.74. The minimum absolute atomic E-state index is 0.00297. The second kappa shape index (κ2) is 8.42. The van der Waals surface area contributed by atoms with E-state index in [4.69, 9.17) is 0 Å². The van der Waals surface area contributed by atoms with Gasteiger partial charge in [-0.3, -0.25) is 9.69 Å². The number of nitrogens with one attached hydrogen (secondary N) is 1. The van der Waals surface area contributed by atoms with Gasteiger partial charge >= 0.3 is 0 Å². The van der Waals surface area contributed by atoms with Crippen molar-refractivity contribution in [3.63, 3.8) is 0 Å². The fraction of sp³-hybridized carbons (Fsp3) is 0.250. The third-order valence-electron chi connectivity index (χ3n) is 5.68. The van der Waals surface area contributed by atoms with E-state index in [9.17, 15) is 4.79 Å². The molecule has 1 aromatic carbocycles. The van der Waals surface area contributed by atoms with Crippen LogP contribution in [0.1, 0.15) is 28.1 Å². The van der Waals surface area contributed by atoms with Gasteiger partial charge in [-0.05, 0) is 42.7 Å². The number of thiophene rings is 1. The van der Waals surface area contributed by atoms with E-state index < -0.39 is 0 Å². The molecule has 3 aromatic heterocycles. The number of fused-ring (bicyclic) bond motifs is 1. The molecular formula is C24H24N4OS. The Hall–Kier alpha value is -2.96. The Morgan fingerprint density at radius 3 is 2.57 bits per heavy atom. The van der Waals surface area contributed by atoms with Gasteiger partial charge in [-0.25, -0.2) is 4.98 Å². The summed E-state index contributed by atoms with van der Waals surface area (Å²) >= 11 is 1.47. The molecule has 0 bridgehead atoms. The molecular weight excluding hydrogens is 392 g/mol. The van der Waals surface area contributed by atoms with Gasteiger partial charge < -0.3 is 9.88 Å². The Bertz CT molecular complexity index is 1130. The molecule has 0 unspecified atom stereocenters. The summed E-state index contributed by atoms with van der Waals surface area (Å²) in [6.07, 6.45) is 7.68. The summed E-state index contributed by atoms with van der Waals surface area (Å²) in [5.41, 5.74) is 2.27. The van der Waals surface area contributed by atoms with E-state index in [-0.39, 0.29) is 11.9 Å². The van der Waals surface area contributed by atoms with Gasteiger partial charge in [-0.15, -0.1) is 11.3 Å². The molecule has 1 amide bonds. The molecule has 1 fully saturated rings. The standard InChI is InChI=1S/C24H24N4OS/c29-23(26-19-10-15-27(16-11-19)17-18-7-2-1-3-8-18)22-21(28-13-4-5-14-28)20-9-6-12-25-24(20)30-22/h1-9,12-14,19H,10-11,15-17H2,(H,26,29). The molecule has 0 radical (unpaired) electrons. The lowest BCUT2D eigenvalue weighted by atomic mass is 10.0. The van der Waals surface area contributed by atoms with E-state index in [1.807, 2.05) is 41.2 Å². The van der Waals surface area contributed by atoms with Gasteiger partial charge in [0.05, 0.1) is 5.69 Å². The third-order valence-corrected chi connectivity index (χ3v) is 6.78. The first kappa shape index (κ1) is 19.0. The number of pyridine rings is 1. The van der Waals surface area contributed by atoms with Gasteiger partial charge in [0.15, 0.2) is 0 Å². The highest BCUT2D eigenvalue weighted by Gasteiger charge is 2.25. The van der Waals surface area contributed by atoms with Crippen LogP contribution < -0.4 is 5.32 Å². The van der Waals surface area contributed by atoms with Gasteiger partial charge in [-0.2, -0.15) is 0 Å². The molecule has 152 valence electrons. The number of carbonyl (C=O) groups is 1. The zero-order chi connectivity index (χ0) is 20.3. The van der Waals surface area contributed by atoms with Crippen LogP contribution in [0.15, 0.2) is 73.2 Å². The molecule has 0 aliphatic carbocycles. The fourth-order valence-corrected chi connectivity index (χ4v) is 5.19. The van der Waals surface area contributed by atoms with Crippen LogP contribution in [-0.2, 0) is 6.54 Å². The quantitative estimate of drug-likeness (QED) is 0.522. The van der Waals surface area contributed by atoms with Crippen LogP contribution in [-0.4, -0.2) is 39.5 Å². The summed E-state index contributed by atoms with van der Waals surface area (Å²) < 4.78 is 2.01. The van der Waals surface area contributed by atoms with E-state index in [1.54, 1.807) is 6.20 Å². The maximum Gasteiger partial charge on any atom is 0.263 e. The number of rotatable bonds is 5. The van der Waals surface area contributed by atoms with Crippen molar-refractivity contribution in [2.45, 2.75) is 25.4 Å². The van der Waals surface area contributed by atoms with Gasteiger partial charge in [0, 0.05) is 49.7 Å². The molecule has 0 spiro atoms. The number of amides is 1. The van der Waals surface area contributed by atoms with E-state index >= 15 is 0 Å². The molecule has 4 heterocycles. The predicted octanol–water partition coefficient (Wildman–Crippen LogP) is 4.48. The maximum absolute atomic E-state index is 13.2. The second-order valence-corrected chi connectivity index (χ2v) is 8.73. The number of nitrogens with zero attached hydrogens (tertiary/aromatic N) is 3. The lowest BCUT2D eigenvalue weighted by Gasteiger charge is -2.32. The lowest BCUT2D eigenvalue weighted by Crippen LogP contribution is -2.44. The molecule has 1 N–H and O–H groups in total. The van der Waals surface area contributed by atoms with Crippen LogP contribution >= 0.6 is 11.3 Å². The Morgan fingerprint density at radius 2 is 1.80 bits per heavy atom. The first-order chi connectivity index (χ1) is 14.8. The van der Waals surface area contributed by atoms with Crippen molar-refractivity contribution in [1.82, 2.24) is 19.8 Å². The van der Waals surface area contributed by atoms with Gasteiger partial charge in [-0.1, -0.05) is 30.3 Å². The van der Waals surface area contributed by atoms with E-state index in [1.165, 1.54) is 16.9 Å². The van der Waals surface area contributed by atoms with Gasteiger partial charge in [0.25, 0.3) is 5.91 Å². The zero-order valence-corrected chi connectivity index (χ0v) is 17.5. The highest BCUT2D eigenvalue weighted by atomic mass is 32.1. The number of likely N-dealkylation sites (tertiary alicyclic amines) is 1. The third kappa shape index (κ3) is 3.88. The van der Waals surface area contributed by atoms with Crippen LogP contribution in [0.2, 0.25) is 0 Å². The molecule has 1 aliphatic rings. The lowest BCUT2D eigenvalue weighted by molar-refractivity contribution is 0.0913. The van der Waals surface area contributed by atoms with E-state index in [0.29, 0.717) is 0 Å². The molecule has 4 aromatic rings. The molecule has 5 nitrogen and oxygen atoms in total. The normalized spacial score (nSPS) is 15.5. The summed E-state index contributed by atoms with van der Waals surface area (Å²) in [7, 11) is 0. The van der Waals surface area contributed by atoms with E-state index in [2.05, 4.69) is 45.5 Å². The number of hydrogen-bond acceptors (Lipinski definition) is 4. The Kier molecular flexibility index (Phi) is 5.34. The van der Waals surface area contributed by atoms with Crippen LogP contribution in [0.25, 0.3) is 15.9 Å². The van der Waals surface area contributed by atoms with Crippen molar-refractivity contribution in [1.29, 1.82) is 0 Å². The summed E-state index contributed by atoms with van der Waals surface area (Å²) in [4.78, 5) is 21.8. The van der Waals surface area contributed by atoms with Crippen LogP contribution in [0.4, 0.5) is 0 Å². The Labute approximate surface area is 180 Å². The predicted molar refractivity (Wildman–Crippen MR) is 121 cm³/mol. The highest BCUT2D eigenvalue weighted by molar-refractivity contribution is 7.21. The zero-order valence-electron chi connectivity index (χ0n) is 16.7. The average Bonchev–Trinajstić information content (AvgIpc) is 3.43. The van der Waals surface area contributed by atoms with Crippen molar-refractivity contribution in [3.05, 3.63) is 83.6 Å². The SMILES string of the molecule is O=C(NC1CCN(Cc2ccccc2)CC1)c1sc2ncccc2c1-n1cccc1. The van der Waals surface area contributed by atoms with Crippen molar-refractivity contribution in [2.75, 3.05) is 13.1 Å². The Balaban J connectivity index is 1.29. The van der Waals surface area contributed by atoms with Crippen molar-refractivity contribution in [2.24, 2.45) is 0 Å². The molecule has 0 saturated carbocycles. The topological polar surface area (TPSA) is 50.2 Å². The van der Waals surface area contributed by atoms with Gasteiger partial charge in [0.1, 0.15) is 9.71 Å². The number of aromatic nitrogens is 2. The summed E-state index contributed by atoms with van der Waals surface area (Å²) in [6, 6.07) is 18.7. The molecule has 0 atom stereocenters. The average molecular weight is 417 g/mol. The monoisotopic (exact) mass is 416 g/mol. The van der Waals surface area contributed by atoms with E-state index in [0.717, 1.165) is 53.3 Å². The number of piperidine rings is 1. The van der Waals surface area contributed by atoms with Crippen LogP contribution in [0, 0.1) is 0 Å². The van der Waals surface area contributed by atoms with Crippen molar-refractivity contribution in [3.8, 4) is 5.69 Å². The summed E-state index contributed by atoms with van der Waals surface area (Å²) in [5.74, 6) is 0.00297. The minimum Gasteiger partial charge on any atom is -0.348 e. The first-order valence-corrected chi connectivity index (χ1v) is 11.2. The van der Waals surface area contributed by atoms with Crippen molar-refractivity contribution >= 4 is 27.5 Å². The minimum atomic E-state index is 0.00297. The molecule has 6 heteroatoms. The first-order valence-electron chi connectivity index (χ1n) is 10.4. The largest absolute Gasteiger partial charge is 0.348 e. The van der Waals surface area contributed by atoms with Crippen molar-refractivity contribution < 1.29 is 4.79 Å². The van der Waals surface area contributed by atoms with Crippen LogP contribution in [0.5, 0.6) is 0 Å². The smallest absolute Gasteiger partial charge is 0.263 e. The number of carbonyl (C=O) groups excluding carboxylic acids is 1. The molecule has 5 rings (SSSR count). The highest BCUT2D eigenvalue weighted by Crippen LogP contribution is 2.33.